The summed E-state index contributed by atoms with van der Waals surface area (Å²) in [5.74, 6) is 0. The largest absolute Gasteiger partial charge is 0.364 e. The van der Waals surface area contributed by atoms with E-state index in [-0.39, 0.29) is 0 Å². The Morgan fingerprint density at radius 1 is 0.963 bits per heavy atom. The third-order valence-electron chi connectivity index (χ3n) is 4.38. The number of hydrogen-bond acceptors (Lipinski definition) is 2. The zero-order valence-corrected chi connectivity index (χ0v) is 17.8. The first-order valence-corrected chi connectivity index (χ1v) is 10.5. The first kappa shape index (κ1) is 23.0. The third-order valence-corrected chi connectivity index (χ3v) is 4.38. The molecule has 0 aliphatic rings. The minimum Gasteiger partial charge on any atom is -0.364 e. The molecule has 0 amide bonds. The summed E-state index contributed by atoms with van der Waals surface area (Å²) in [4.78, 5) is 0. The molecule has 0 saturated heterocycles. The minimum atomic E-state index is 1.04. The molecule has 2 rings (SSSR count). The van der Waals surface area contributed by atoms with Crippen molar-refractivity contribution in [1.29, 1.82) is 0 Å². The molecule has 1 heterocycles. The molecule has 148 valence electrons. The van der Waals surface area contributed by atoms with Gasteiger partial charge in [-0.15, -0.1) is 6.58 Å². The van der Waals surface area contributed by atoms with E-state index in [1.165, 1.54) is 60.1 Å². The summed E-state index contributed by atoms with van der Waals surface area (Å²) in [7, 11) is 0. The SMILES string of the molecule is C=C(C)CCCC.CCC/C=c1\ccc(-c2cnoc2)c\c1=C\CCCC. The van der Waals surface area contributed by atoms with Crippen LogP contribution in [0.5, 0.6) is 0 Å². The fraction of sp³-hybridized carbons (Fsp3) is 0.480. The van der Waals surface area contributed by atoms with E-state index in [4.69, 9.17) is 4.52 Å². The molecule has 2 heteroatoms. The average molecular weight is 368 g/mol. The van der Waals surface area contributed by atoms with E-state index in [0.29, 0.717) is 0 Å². The van der Waals surface area contributed by atoms with E-state index in [0.717, 1.165) is 18.4 Å². The zero-order chi connectivity index (χ0) is 19.9. The number of hydrogen-bond donors (Lipinski definition) is 0. The van der Waals surface area contributed by atoms with Crippen molar-refractivity contribution in [2.75, 3.05) is 0 Å². The van der Waals surface area contributed by atoms with Crippen LogP contribution in [0.2, 0.25) is 0 Å². The highest BCUT2D eigenvalue weighted by molar-refractivity contribution is 5.61. The van der Waals surface area contributed by atoms with Crippen LogP contribution in [0.1, 0.15) is 79.1 Å². The van der Waals surface area contributed by atoms with Crippen LogP contribution in [0.15, 0.2) is 47.3 Å². The monoisotopic (exact) mass is 367 g/mol. The maximum atomic E-state index is 4.93. The zero-order valence-electron chi connectivity index (χ0n) is 17.8. The lowest BCUT2D eigenvalue weighted by Gasteiger charge is -1.99. The molecule has 0 unspecified atom stereocenters. The summed E-state index contributed by atoms with van der Waals surface area (Å²) in [6.45, 7) is 12.5. The number of unbranched alkanes of at least 4 members (excludes halogenated alkanes) is 4. The topological polar surface area (TPSA) is 26.0 Å². The molecule has 0 atom stereocenters. The summed E-state index contributed by atoms with van der Waals surface area (Å²) < 4.78 is 4.93. The predicted octanol–water partition coefficient (Wildman–Crippen LogP) is 6.65. The van der Waals surface area contributed by atoms with Crippen molar-refractivity contribution in [2.45, 2.75) is 79.1 Å². The summed E-state index contributed by atoms with van der Waals surface area (Å²) in [6, 6.07) is 6.59. The minimum absolute atomic E-state index is 1.04. The van der Waals surface area contributed by atoms with E-state index in [1.807, 2.05) is 0 Å². The third kappa shape index (κ3) is 9.42. The van der Waals surface area contributed by atoms with Crippen LogP contribution in [0.4, 0.5) is 0 Å². The number of benzene rings is 1. The summed E-state index contributed by atoms with van der Waals surface area (Å²) in [6.07, 6.45) is 17.8. The molecule has 0 aliphatic heterocycles. The second kappa shape index (κ2) is 14.0. The van der Waals surface area contributed by atoms with Crippen LogP contribution < -0.4 is 10.4 Å². The van der Waals surface area contributed by atoms with Gasteiger partial charge in [-0.1, -0.05) is 81.5 Å². The lowest BCUT2D eigenvalue weighted by molar-refractivity contribution is 0.420. The Bertz CT molecular complexity index is 756. The highest BCUT2D eigenvalue weighted by Crippen LogP contribution is 2.15. The van der Waals surface area contributed by atoms with Gasteiger partial charge in [0.2, 0.25) is 0 Å². The summed E-state index contributed by atoms with van der Waals surface area (Å²) >= 11 is 0. The maximum Gasteiger partial charge on any atom is 0.131 e. The fourth-order valence-corrected chi connectivity index (χ4v) is 2.70. The number of aromatic nitrogens is 1. The Labute approximate surface area is 165 Å². The molecule has 1 aromatic heterocycles. The lowest BCUT2D eigenvalue weighted by atomic mass is 10.1. The summed E-state index contributed by atoms with van der Waals surface area (Å²) in [5, 5.41) is 6.44. The summed E-state index contributed by atoms with van der Waals surface area (Å²) in [5.41, 5.74) is 3.52. The van der Waals surface area contributed by atoms with Gasteiger partial charge in [-0.2, -0.15) is 0 Å². The number of rotatable bonds is 9. The molecule has 1 aromatic carbocycles. The van der Waals surface area contributed by atoms with Gasteiger partial charge in [0.25, 0.3) is 0 Å². The molecule has 0 bridgehead atoms. The van der Waals surface area contributed by atoms with E-state index < -0.39 is 0 Å². The van der Waals surface area contributed by atoms with Gasteiger partial charge < -0.3 is 4.52 Å². The highest BCUT2D eigenvalue weighted by atomic mass is 16.5. The van der Waals surface area contributed by atoms with Gasteiger partial charge in [0, 0.05) is 5.56 Å². The van der Waals surface area contributed by atoms with Crippen LogP contribution in [0.25, 0.3) is 23.3 Å². The van der Waals surface area contributed by atoms with Crippen molar-refractivity contribution in [3.8, 4) is 11.1 Å². The predicted molar refractivity (Wildman–Crippen MR) is 119 cm³/mol. The molecular weight excluding hydrogens is 330 g/mol. The Morgan fingerprint density at radius 3 is 2.26 bits per heavy atom. The molecule has 0 radical (unpaired) electrons. The van der Waals surface area contributed by atoms with Crippen molar-refractivity contribution >= 4 is 12.2 Å². The standard InChI is InChI=1S/C18H23NO.C7H14/c1-3-5-7-9-16-12-17(18-13-19-20-14-18)11-10-15(16)8-6-4-2;1-4-5-6-7(2)3/h8-14H,3-7H2,1-2H3;2,4-6H2,1,3H3/b15-8+,16-9-;. The number of nitrogens with zero attached hydrogens (tertiary/aromatic N) is 1. The molecule has 0 spiro atoms. The van der Waals surface area contributed by atoms with Gasteiger partial charge in [-0.25, -0.2) is 0 Å². The maximum absolute atomic E-state index is 4.93. The molecule has 27 heavy (non-hydrogen) atoms. The van der Waals surface area contributed by atoms with Gasteiger partial charge in [0.05, 0.1) is 6.20 Å². The van der Waals surface area contributed by atoms with Gasteiger partial charge in [0.1, 0.15) is 6.26 Å². The Hall–Kier alpha value is -2.09. The highest BCUT2D eigenvalue weighted by Gasteiger charge is 1.99. The Morgan fingerprint density at radius 2 is 1.70 bits per heavy atom. The fourth-order valence-electron chi connectivity index (χ4n) is 2.70. The van der Waals surface area contributed by atoms with Gasteiger partial charge in [-0.3, -0.25) is 0 Å². The van der Waals surface area contributed by atoms with Crippen LogP contribution in [0, 0.1) is 0 Å². The van der Waals surface area contributed by atoms with E-state index in [1.54, 1.807) is 12.5 Å². The second-order valence-corrected chi connectivity index (χ2v) is 7.16. The van der Waals surface area contributed by atoms with Crippen molar-refractivity contribution in [3.05, 3.63) is 53.2 Å². The van der Waals surface area contributed by atoms with Gasteiger partial charge >= 0.3 is 0 Å². The molecule has 2 aromatic rings. The smallest absolute Gasteiger partial charge is 0.131 e. The number of allylic oxidation sites excluding steroid dienone is 1. The lowest BCUT2D eigenvalue weighted by Crippen LogP contribution is -2.24. The Kier molecular flexibility index (Phi) is 11.9. The van der Waals surface area contributed by atoms with E-state index in [2.05, 4.69) is 69.8 Å². The first-order chi connectivity index (χ1) is 13.1. The normalized spacial score (nSPS) is 12.0. The molecule has 2 nitrogen and oxygen atoms in total. The van der Waals surface area contributed by atoms with Crippen molar-refractivity contribution in [2.24, 2.45) is 0 Å². The molecule has 0 aliphatic carbocycles. The molecule has 0 N–H and O–H groups in total. The van der Waals surface area contributed by atoms with Crippen LogP contribution >= 0.6 is 0 Å². The Balaban J connectivity index is 0.000000445. The first-order valence-electron chi connectivity index (χ1n) is 10.5. The second-order valence-electron chi connectivity index (χ2n) is 7.16. The quantitative estimate of drug-likeness (QED) is 0.366. The van der Waals surface area contributed by atoms with E-state index >= 15 is 0 Å². The average Bonchev–Trinajstić information content (AvgIpc) is 3.20. The molecule has 0 fully saturated rings. The molecular formula is C25H37NO. The van der Waals surface area contributed by atoms with Crippen LogP contribution in [-0.2, 0) is 0 Å². The van der Waals surface area contributed by atoms with E-state index in [9.17, 15) is 0 Å². The van der Waals surface area contributed by atoms with Crippen LogP contribution in [0.3, 0.4) is 0 Å². The van der Waals surface area contributed by atoms with Crippen LogP contribution in [-0.4, -0.2) is 5.16 Å². The van der Waals surface area contributed by atoms with Gasteiger partial charge in [0.15, 0.2) is 0 Å². The van der Waals surface area contributed by atoms with Crippen molar-refractivity contribution < 1.29 is 4.52 Å². The van der Waals surface area contributed by atoms with Crippen molar-refractivity contribution in [3.63, 3.8) is 0 Å². The molecule has 0 saturated carbocycles. The van der Waals surface area contributed by atoms with Crippen molar-refractivity contribution in [1.82, 2.24) is 5.16 Å². The van der Waals surface area contributed by atoms with Gasteiger partial charge in [-0.05, 0) is 54.7 Å².